The van der Waals surface area contributed by atoms with Crippen molar-refractivity contribution in [3.63, 3.8) is 0 Å². The molecule has 6 nitrogen and oxygen atoms in total. The molecule has 0 bridgehead atoms. The molecule has 0 aliphatic carbocycles. The number of aryl methyl sites for hydroxylation is 1. The van der Waals surface area contributed by atoms with Crippen LogP contribution in [0.5, 0.6) is 0 Å². The molecule has 0 atom stereocenters. The number of urea groups is 1. The number of amides is 2. The van der Waals surface area contributed by atoms with Crippen LogP contribution < -0.4 is 5.32 Å². The number of rotatable bonds is 5. The van der Waals surface area contributed by atoms with E-state index < -0.39 is 10.0 Å². The van der Waals surface area contributed by atoms with Crippen molar-refractivity contribution in [1.29, 1.82) is 0 Å². The summed E-state index contributed by atoms with van der Waals surface area (Å²) in [6.07, 6.45) is 0. The van der Waals surface area contributed by atoms with Gasteiger partial charge in [-0.05, 0) is 24.6 Å². The van der Waals surface area contributed by atoms with E-state index in [9.17, 15) is 13.2 Å². The van der Waals surface area contributed by atoms with Gasteiger partial charge in [0.25, 0.3) is 0 Å². The zero-order valence-electron chi connectivity index (χ0n) is 17.3. The van der Waals surface area contributed by atoms with Gasteiger partial charge in [-0.2, -0.15) is 4.31 Å². The molecule has 1 aliphatic rings. The minimum absolute atomic E-state index is 0.151. The number of hydrogen-bond donors (Lipinski definition) is 1. The molecule has 0 radical (unpaired) electrons. The normalized spacial score (nSPS) is 15.9. The lowest BCUT2D eigenvalue weighted by Crippen LogP contribution is -2.54. The van der Waals surface area contributed by atoms with Gasteiger partial charge in [0, 0.05) is 38.1 Å². The van der Waals surface area contributed by atoms with Crippen LogP contribution in [0.4, 0.5) is 4.79 Å². The van der Waals surface area contributed by atoms with Crippen molar-refractivity contribution in [2.45, 2.75) is 31.1 Å². The average Bonchev–Trinajstić information content (AvgIpc) is 2.73. The summed E-state index contributed by atoms with van der Waals surface area (Å²) in [7, 11) is -3.51. The maximum atomic E-state index is 12.7. The Balaban J connectivity index is 1.54. The summed E-state index contributed by atoms with van der Waals surface area (Å²) in [5.74, 6) is 0. The Kier molecular flexibility index (Phi) is 6.29. The highest BCUT2D eigenvalue weighted by Gasteiger charge is 2.30. The van der Waals surface area contributed by atoms with Gasteiger partial charge in [0.1, 0.15) is 0 Å². The van der Waals surface area contributed by atoms with Crippen LogP contribution in [-0.4, -0.2) is 56.4 Å². The fraction of sp³-hybridized carbons (Fsp3) is 0.409. The SMILES string of the molecule is Cc1ccc(C(C)(C)CNC(=O)N2CCN(S(=O)(=O)c3ccccc3)CC2)cc1. The quantitative estimate of drug-likeness (QED) is 0.816. The summed E-state index contributed by atoms with van der Waals surface area (Å²) in [5.41, 5.74) is 2.18. The fourth-order valence-electron chi connectivity index (χ4n) is 3.39. The topological polar surface area (TPSA) is 69.7 Å². The third-order valence-corrected chi connectivity index (χ3v) is 7.33. The summed E-state index contributed by atoms with van der Waals surface area (Å²) in [4.78, 5) is 14.6. The Hall–Kier alpha value is -2.38. The van der Waals surface area contributed by atoms with Crippen molar-refractivity contribution in [3.8, 4) is 0 Å². The highest BCUT2D eigenvalue weighted by Crippen LogP contribution is 2.23. The molecule has 0 aromatic heterocycles. The van der Waals surface area contributed by atoms with Crippen LogP contribution in [-0.2, 0) is 15.4 Å². The first-order valence-electron chi connectivity index (χ1n) is 9.85. The molecular formula is C22H29N3O3S. The van der Waals surface area contributed by atoms with Crippen LogP contribution in [0.3, 0.4) is 0 Å². The second-order valence-corrected chi connectivity index (χ2v) is 10.1. The average molecular weight is 416 g/mol. The van der Waals surface area contributed by atoms with Crippen molar-refractivity contribution in [2.75, 3.05) is 32.7 Å². The van der Waals surface area contributed by atoms with Crippen LogP contribution in [0.25, 0.3) is 0 Å². The van der Waals surface area contributed by atoms with E-state index in [2.05, 4.69) is 50.4 Å². The lowest BCUT2D eigenvalue weighted by Gasteiger charge is -2.35. The molecule has 2 aromatic rings. The molecule has 1 aliphatic heterocycles. The van der Waals surface area contributed by atoms with Gasteiger partial charge in [0.2, 0.25) is 10.0 Å². The van der Waals surface area contributed by atoms with Crippen LogP contribution >= 0.6 is 0 Å². The van der Waals surface area contributed by atoms with Crippen LogP contribution in [0.1, 0.15) is 25.0 Å². The molecule has 0 unspecified atom stereocenters. The van der Waals surface area contributed by atoms with Crippen molar-refractivity contribution in [3.05, 3.63) is 65.7 Å². The van der Waals surface area contributed by atoms with Gasteiger partial charge in [-0.25, -0.2) is 13.2 Å². The number of benzene rings is 2. The molecule has 3 rings (SSSR count). The zero-order chi connectivity index (χ0) is 21.1. The van der Waals surface area contributed by atoms with E-state index in [1.165, 1.54) is 15.4 Å². The first-order valence-corrected chi connectivity index (χ1v) is 11.3. The first-order chi connectivity index (χ1) is 13.7. The monoisotopic (exact) mass is 415 g/mol. The molecule has 1 heterocycles. The van der Waals surface area contributed by atoms with Crippen molar-refractivity contribution in [1.82, 2.24) is 14.5 Å². The zero-order valence-corrected chi connectivity index (χ0v) is 18.1. The smallest absolute Gasteiger partial charge is 0.317 e. The number of sulfonamides is 1. The van der Waals surface area contributed by atoms with Gasteiger partial charge in [0.05, 0.1) is 4.90 Å². The lowest BCUT2D eigenvalue weighted by atomic mass is 9.84. The van der Waals surface area contributed by atoms with Crippen LogP contribution in [0, 0.1) is 6.92 Å². The minimum Gasteiger partial charge on any atom is -0.337 e. The third-order valence-electron chi connectivity index (χ3n) is 5.42. The van der Waals surface area contributed by atoms with Crippen molar-refractivity contribution < 1.29 is 13.2 Å². The Morgan fingerprint density at radius 3 is 2.14 bits per heavy atom. The molecule has 1 saturated heterocycles. The summed E-state index contributed by atoms with van der Waals surface area (Å²) in [6.45, 7) is 8.11. The van der Waals surface area contributed by atoms with E-state index in [1.807, 2.05) is 0 Å². The standard InChI is InChI=1S/C22H29N3O3S/c1-18-9-11-19(12-10-18)22(2,3)17-23-21(26)24-13-15-25(16-14-24)29(27,28)20-7-5-4-6-8-20/h4-12H,13-17H2,1-3H3,(H,23,26). The maximum absolute atomic E-state index is 12.7. The van der Waals surface area contributed by atoms with Gasteiger partial charge in [-0.1, -0.05) is 61.9 Å². The molecule has 0 spiro atoms. The number of piperazine rings is 1. The van der Waals surface area contributed by atoms with Gasteiger partial charge < -0.3 is 10.2 Å². The van der Waals surface area contributed by atoms with Gasteiger partial charge in [0.15, 0.2) is 0 Å². The van der Waals surface area contributed by atoms with E-state index in [-0.39, 0.29) is 16.3 Å². The number of carbonyl (C=O) groups is 1. The molecule has 156 valence electrons. The van der Waals surface area contributed by atoms with Gasteiger partial charge in [-0.3, -0.25) is 0 Å². The number of nitrogens with zero attached hydrogens (tertiary/aromatic N) is 2. The van der Waals surface area contributed by atoms with E-state index in [1.54, 1.807) is 35.2 Å². The van der Waals surface area contributed by atoms with E-state index in [0.717, 1.165) is 0 Å². The Labute approximate surface area is 173 Å². The second-order valence-electron chi connectivity index (χ2n) is 8.11. The molecule has 2 aromatic carbocycles. The summed E-state index contributed by atoms with van der Waals surface area (Å²) in [6, 6.07) is 16.6. The van der Waals surface area contributed by atoms with Gasteiger partial charge >= 0.3 is 6.03 Å². The molecule has 1 fully saturated rings. The highest BCUT2D eigenvalue weighted by molar-refractivity contribution is 7.89. The van der Waals surface area contributed by atoms with Gasteiger partial charge in [-0.15, -0.1) is 0 Å². The predicted molar refractivity (Wildman–Crippen MR) is 114 cm³/mol. The van der Waals surface area contributed by atoms with Crippen LogP contribution in [0.2, 0.25) is 0 Å². The molecule has 1 N–H and O–H groups in total. The Morgan fingerprint density at radius 1 is 0.966 bits per heavy atom. The molecule has 0 saturated carbocycles. The Bertz CT molecular complexity index is 933. The number of carbonyl (C=O) groups excluding carboxylic acids is 1. The Morgan fingerprint density at radius 2 is 1.55 bits per heavy atom. The maximum Gasteiger partial charge on any atom is 0.317 e. The van der Waals surface area contributed by atoms with Crippen molar-refractivity contribution in [2.24, 2.45) is 0 Å². The van der Waals surface area contributed by atoms with E-state index in [0.29, 0.717) is 32.7 Å². The lowest BCUT2D eigenvalue weighted by molar-refractivity contribution is 0.170. The second kappa shape index (κ2) is 8.55. The molecule has 2 amide bonds. The molecule has 7 heteroatoms. The summed E-state index contributed by atoms with van der Waals surface area (Å²) < 4.78 is 26.9. The van der Waals surface area contributed by atoms with Crippen molar-refractivity contribution >= 4 is 16.1 Å². The first kappa shape index (κ1) is 21.3. The fourth-order valence-corrected chi connectivity index (χ4v) is 4.83. The largest absolute Gasteiger partial charge is 0.337 e. The summed E-state index contributed by atoms with van der Waals surface area (Å²) in [5, 5.41) is 3.01. The summed E-state index contributed by atoms with van der Waals surface area (Å²) >= 11 is 0. The van der Waals surface area contributed by atoms with E-state index >= 15 is 0 Å². The predicted octanol–water partition coefficient (Wildman–Crippen LogP) is 2.99. The minimum atomic E-state index is -3.51. The molecule has 29 heavy (non-hydrogen) atoms. The van der Waals surface area contributed by atoms with E-state index in [4.69, 9.17) is 0 Å². The number of hydrogen-bond acceptors (Lipinski definition) is 3. The van der Waals surface area contributed by atoms with Crippen LogP contribution in [0.15, 0.2) is 59.5 Å². The molecular weight excluding hydrogens is 386 g/mol. The number of nitrogens with one attached hydrogen (secondary N) is 1. The highest BCUT2D eigenvalue weighted by atomic mass is 32.2. The third kappa shape index (κ3) is 4.97.